The molecule has 1 atom stereocenters. The number of piperazine rings is 1. The molecule has 150 valence electrons. The second-order valence-electron chi connectivity index (χ2n) is 6.39. The molecule has 1 aliphatic heterocycles. The first-order valence-corrected chi connectivity index (χ1v) is 9.25. The Morgan fingerprint density at radius 2 is 1.56 bits per heavy atom. The Morgan fingerprint density at radius 1 is 0.926 bits per heavy atom. The van der Waals surface area contributed by atoms with E-state index in [9.17, 15) is 4.39 Å². The maximum absolute atomic E-state index is 13.9. The number of hydrogen-bond acceptors (Lipinski definition) is 4. The first-order valence-electron chi connectivity index (χ1n) is 8.74. The number of ether oxygens (including phenoxy) is 1. The Kier molecular flexibility index (Phi) is 11.1. The normalized spacial score (nSPS) is 15.6. The summed E-state index contributed by atoms with van der Waals surface area (Å²) < 4.78 is 19.6. The summed E-state index contributed by atoms with van der Waals surface area (Å²) in [6.45, 7) is 5.67. The first-order chi connectivity index (χ1) is 12.2. The van der Waals surface area contributed by atoms with Crippen LogP contribution in [0.15, 0.2) is 54.6 Å². The SMILES string of the molecule is Cl.Cl.Fc1ccccc1N1CCN(CC(S)COCc2ccccc2)CC1. The van der Waals surface area contributed by atoms with Crippen LogP contribution >= 0.6 is 37.4 Å². The highest BCUT2D eigenvalue weighted by Gasteiger charge is 2.20. The third-order valence-corrected chi connectivity index (χ3v) is 4.77. The van der Waals surface area contributed by atoms with E-state index in [4.69, 9.17) is 4.74 Å². The maximum Gasteiger partial charge on any atom is 0.146 e. The van der Waals surface area contributed by atoms with Crippen LogP contribution in [0.2, 0.25) is 0 Å². The molecule has 0 aliphatic carbocycles. The van der Waals surface area contributed by atoms with Crippen molar-refractivity contribution in [3.05, 3.63) is 66.0 Å². The zero-order valence-corrected chi connectivity index (χ0v) is 17.7. The molecule has 1 heterocycles. The van der Waals surface area contributed by atoms with Gasteiger partial charge in [-0.05, 0) is 17.7 Å². The largest absolute Gasteiger partial charge is 0.376 e. The Balaban J connectivity index is 0.00000182. The minimum atomic E-state index is -0.141. The van der Waals surface area contributed by atoms with Gasteiger partial charge in [-0.1, -0.05) is 42.5 Å². The van der Waals surface area contributed by atoms with Crippen LogP contribution in [-0.2, 0) is 11.3 Å². The molecule has 0 N–H and O–H groups in total. The van der Waals surface area contributed by atoms with Crippen molar-refractivity contribution in [2.24, 2.45) is 0 Å². The number of nitrogens with zero attached hydrogens (tertiary/aromatic N) is 2. The van der Waals surface area contributed by atoms with Crippen LogP contribution in [0.1, 0.15) is 5.56 Å². The Morgan fingerprint density at radius 3 is 2.22 bits per heavy atom. The van der Waals surface area contributed by atoms with E-state index in [-0.39, 0.29) is 35.9 Å². The summed E-state index contributed by atoms with van der Waals surface area (Å²) in [6, 6.07) is 17.2. The molecule has 0 bridgehead atoms. The molecule has 2 aromatic carbocycles. The molecule has 1 saturated heterocycles. The Labute approximate surface area is 179 Å². The summed E-state index contributed by atoms with van der Waals surface area (Å²) in [5, 5.41) is 0.184. The van der Waals surface area contributed by atoms with Gasteiger partial charge in [-0.15, -0.1) is 24.8 Å². The fraction of sp³-hybridized carbons (Fsp3) is 0.400. The molecule has 1 aliphatic rings. The molecule has 7 heteroatoms. The quantitative estimate of drug-likeness (QED) is 0.656. The number of para-hydroxylation sites is 1. The number of thiol groups is 1. The summed E-state index contributed by atoms with van der Waals surface area (Å²) in [6.07, 6.45) is 0. The number of anilines is 1. The van der Waals surface area contributed by atoms with E-state index in [1.54, 1.807) is 6.07 Å². The first kappa shape index (κ1) is 24.1. The van der Waals surface area contributed by atoms with Crippen LogP contribution in [0.3, 0.4) is 0 Å². The van der Waals surface area contributed by atoms with E-state index in [0.29, 0.717) is 18.9 Å². The number of benzene rings is 2. The van der Waals surface area contributed by atoms with Gasteiger partial charge in [0.1, 0.15) is 5.82 Å². The molecule has 0 radical (unpaired) electrons. The van der Waals surface area contributed by atoms with Crippen LogP contribution in [0.4, 0.5) is 10.1 Å². The molecular formula is C20H27Cl2FN2OS. The van der Waals surface area contributed by atoms with Crippen molar-refractivity contribution in [1.29, 1.82) is 0 Å². The van der Waals surface area contributed by atoms with Crippen molar-refractivity contribution in [3.63, 3.8) is 0 Å². The maximum atomic E-state index is 13.9. The lowest BCUT2D eigenvalue weighted by Crippen LogP contribution is -2.48. The van der Waals surface area contributed by atoms with Crippen LogP contribution in [0.5, 0.6) is 0 Å². The fourth-order valence-corrected chi connectivity index (χ4v) is 3.45. The minimum absolute atomic E-state index is 0. The topological polar surface area (TPSA) is 15.7 Å². The molecule has 0 aromatic heterocycles. The van der Waals surface area contributed by atoms with Crippen molar-refractivity contribution in [2.75, 3.05) is 44.2 Å². The average molecular weight is 433 g/mol. The predicted octanol–water partition coefficient (Wildman–Crippen LogP) is 4.31. The fourth-order valence-electron chi connectivity index (χ4n) is 3.12. The molecule has 2 aromatic rings. The highest BCUT2D eigenvalue weighted by molar-refractivity contribution is 7.81. The van der Waals surface area contributed by atoms with Gasteiger partial charge in [0.2, 0.25) is 0 Å². The average Bonchev–Trinajstić information content (AvgIpc) is 2.64. The van der Waals surface area contributed by atoms with Gasteiger partial charge in [-0.2, -0.15) is 12.6 Å². The molecule has 1 fully saturated rings. The van der Waals surface area contributed by atoms with E-state index >= 15 is 0 Å². The molecule has 0 amide bonds. The third kappa shape index (κ3) is 7.51. The Hall–Kier alpha value is -0.980. The molecule has 0 saturated carbocycles. The lowest BCUT2D eigenvalue weighted by Gasteiger charge is -2.37. The summed E-state index contributed by atoms with van der Waals surface area (Å²) in [5.74, 6) is -0.141. The van der Waals surface area contributed by atoms with E-state index in [0.717, 1.165) is 32.7 Å². The molecular weight excluding hydrogens is 406 g/mol. The van der Waals surface area contributed by atoms with E-state index in [2.05, 4.69) is 34.6 Å². The standard InChI is InChI=1S/C20H25FN2OS.2ClH/c21-19-8-4-5-9-20(19)23-12-10-22(11-13-23)14-18(25)16-24-15-17-6-2-1-3-7-17;;/h1-9,18,25H,10-16H2;2*1H. The molecule has 3 nitrogen and oxygen atoms in total. The molecule has 27 heavy (non-hydrogen) atoms. The zero-order valence-electron chi connectivity index (χ0n) is 15.2. The van der Waals surface area contributed by atoms with E-state index in [1.165, 1.54) is 11.6 Å². The third-order valence-electron chi connectivity index (χ3n) is 4.46. The van der Waals surface area contributed by atoms with E-state index < -0.39 is 0 Å². The van der Waals surface area contributed by atoms with Crippen molar-refractivity contribution >= 4 is 43.1 Å². The van der Waals surface area contributed by atoms with Crippen molar-refractivity contribution in [2.45, 2.75) is 11.9 Å². The number of halogens is 3. The lowest BCUT2D eigenvalue weighted by molar-refractivity contribution is 0.112. The second kappa shape index (κ2) is 12.5. The second-order valence-corrected chi connectivity index (χ2v) is 7.12. The summed E-state index contributed by atoms with van der Waals surface area (Å²) >= 11 is 4.66. The van der Waals surface area contributed by atoms with Gasteiger partial charge >= 0.3 is 0 Å². The number of rotatable bonds is 7. The summed E-state index contributed by atoms with van der Waals surface area (Å²) in [4.78, 5) is 4.49. The van der Waals surface area contributed by atoms with Gasteiger partial charge in [0, 0.05) is 38.0 Å². The monoisotopic (exact) mass is 432 g/mol. The van der Waals surface area contributed by atoms with Crippen molar-refractivity contribution in [3.8, 4) is 0 Å². The highest BCUT2D eigenvalue weighted by Crippen LogP contribution is 2.20. The van der Waals surface area contributed by atoms with E-state index in [1.807, 2.05) is 30.3 Å². The molecule has 1 unspecified atom stereocenters. The van der Waals surface area contributed by atoms with Crippen LogP contribution in [-0.4, -0.2) is 49.5 Å². The smallest absolute Gasteiger partial charge is 0.146 e. The van der Waals surface area contributed by atoms with Gasteiger partial charge in [0.15, 0.2) is 0 Å². The summed E-state index contributed by atoms with van der Waals surface area (Å²) in [5.41, 5.74) is 1.89. The van der Waals surface area contributed by atoms with Crippen molar-refractivity contribution in [1.82, 2.24) is 4.90 Å². The van der Waals surface area contributed by atoms with Gasteiger partial charge in [0.25, 0.3) is 0 Å². The van der Waals surface area contributed by atoms with Crippen LogP contribution in [0, 0.1) is 5.82 Å². The van der Waals surface area contributed by atoms with Crippen molar-refractivity contribution < 1.29 is 9.13 Å². The summed E-state index contributed by atoms with van der Waals surface area (Å²) in [7, 11) is 0. The highest BCUT2D eigenvalue weighted by atomic mass is 35.5. The Bertz CT molecular complexity index is 657. The molecule has 3 rings (SSSR count). The number of hydrogen-bond donors (Lipinski definition) is 1. The molecule has 0 spiro atoms. The lowest BCUT2D eigenvalue weighted by atomic mass is 10.2. The minimum Gasteiger partial charge on any atom is -0.376 e. The van der Waals surface area contributed by atoms with Crippen LogP contribution in [0.25, 0.3) is 0 Å². The van der Waals surface area contributed by atoms with Gasteiger partial charge < -0.3 is 9.64 Å². The van der Waals surface area contributed by atoms with Gasteiger partial charge in [-0.25, -0.2) is 4.39 Å². The van der Waals surface area contributed by atoms with Gasteiger partial charge in [-0.3, -0.25) is 4.90 Å². The predicted molar refractivity (Wildman–Crippen MR) is 118 cm³/mol. The zero-order chi connectivity index (χ0) is 17.5. The van der Waals surface area contributed by atoms with Gasteiger partial charge in [0.05, 0.1) is 18.9 Å². The van der Waals surface area contributed by atoms with Crippen LogP contribution < -0.4 is 4.90 Å².